The van der Waals surface area contributed by atoms with Crippen LogP contribution in [0.3, 0.4) is 0 Å². The van der Waals surface area contributed by atoms with Crippen LogP contribution in [0.2, 0.25) is 5.02 Å². The monoisotopic (exact) mass is 266 g/mol. The number of carbonyl (C=O) groups excluding carboxylic acids is 1. The van der Waals surface area contributed by atoms with Gasteiger partial charge in [0.15, 0.2) is 5.60 Å². The van der Waals surface area contributed by atoms with Crippen molar-refractivity contribution in [3.05, 3.63) is 34.9 Å². The molecule has 0 spiro atoms. The molecule has 0 fully saturated rings. The highest BCUT2D eigenvalue weighted by Crippen LogP contribution is 2.27. The quantitative estimate of drug-likeness (QED) is 0.875. The van der Waals surface area contributed by atoms with E-state index in [1.807, 2.05) is 6.07 Å². The fourth-order valence-electron chi connectivity index (χ4n) is 1.59. The molecule has 0 radical (unpaired) electrons. The van der Waals surface area contributed by atoms with Gasteiger partial charge in [-0.25, -0.2) is 0 Å². The number of amides is 1. The Balaban J connectivity index is 3.06. The zero-order valence-corrected chi connectivity index (χ0v) is 11.0. The van der Waals surface area contributed by atoms with Crippen LogP contribution in [0.15, 0.2) is 24.3 Å². The lowest BCUT2D eigenvalue weighted by atomic mass is 9.90. The van der Waals surface area contributed by atoms with Gasteiger partial charge in [0.1, 0.15) is 6.04 Å². The van der Waals surface area contributed by atoms with E-state index in [2.05, 4.69) is 5.32 Å². The van der Waals surface area contributed by atoms with Gasteiger partial charge in [0, 0.05) is 5.02 Å². The molecular formula is C13H15ClN2O2. The molecule has 0 aliphatic rings. The molecule has 2 N–H and O–H groups in total. The normalized spacial score (nSPS) is 15.3. The van der Waals surface area contributed by atoms with Crippen molar-refractivity contribution in [2.24, 2.45) is 0 Å². The van der Waals surface area contributed by atoms with Gasteiger partial charge in [0.2, 0.25) is 0 Å². The Labute approximate surface area is 111 Å². The molecule has 96 valence electrons. The van der Waals surface area contributed by atoms with E-state index in [9.17, 15) is 9.90 Å². The third-order valence-electron chi connectivity index (χ3n) is 2.73. The van der Waals surface area contributed by atoms with E-state index in [0.29, 0.717) is 10.6 Å². The largest absolute Gasteiger partial charge is 0.375 e. The van der Waals surface area contributed by atoms with Crippen LogP contribution in [0.25, 0.3) is 0 Å². The van der Waals surface area contributed by atoms with Crippen molar-refractivity contribution in [2.45, 2.75) is 31.9 Å². The Morgan fingerprint density at radius 2 is 2.33 bits per heavy atom. The van der Waals surface area contributed by atoms with Crippen LogP contribution in [0.5, 0.6) is 0 Å². The Bertz CT molecular complexity index is 484. The summed E-state index contributed by atoms with van der Waals surface area (Å²) in [4.78, 5) is 12.0. The standard InChI is InChI=1S/C13H15ClN2O2/c1-3-13(18,12(17)16-9(2)8-15)10-5-4-6-11(14)7-10/h4-7,9,18H,3H2,1-2H3,(H,16,17)/t9-,13-/m0/s1. The number of benzene rings is 1. The SMILES string of the molecule is CC[C@@](O)(C(=O)N[C@@H](C)C#N)c1cccc(Cl)c1. The second kappa shape index (κ2) is 5.85. The second-order valence-corrected chi connectivity index (χ2v) is 4.48. The third-order valence-corrected chi connectivity index (χ3v) is 2.97. The van der Waals surface area contributed by atoms with Crippen molar-refractivity contribution in [3.8, 4) is 6.07 Å². The molecule has 0 saturated heterocycles. The van der Waals surface area contributed by atoms with E-state index in [-0.39, 0.29) is 6.42 Å². The van der Waals surface area contributed by atoms with Crippen molar-refractivity contribution in [1.29, 1.82) is 5.26 Å². The van der Waals surface area contributed by atoms with Crippen LogP contribution >= 0.6 is 11.6 Å². The molecule has 1 amide bonds. The molecule has 18 heavy (non-hydrogen) atoms. The molecule has 1 rings (SSSR count). The Morgan fingerprint density at radius 1 is 1.67 bits per heavy atom. The maximum Gasteiger partial charge on any atom is 0.257 e. The van der Waals surface area contributed by atoms with Crippen LogP contribution in [0, 0.1) is 11.3 Å². The van der Waals surface area contributed by atoms with Crippen LogP contribution in [-0.4, -0.2) is 17.1 Å². The van der Waals surface area contributed by atoms with E-state index in [1.54, 1.807) is 38.1 Å². The molecule has 4 nitrogen and oxygen atoms in total. The van der Waals surface area contributed by atoms with E-state index >= 15 is 0 Å². The second-order valence-electron chi connectivity index (χ2n) is 4.05. The number of nitrogens with one attached hydrogen (secondary N) is 1. The molecule has 2 atom stereocenters. The van der Waals surface area contributed by atoms with Crippen LogP contribution in [0.1, 0.15) is 25.8 Å². The van der Waals surface area contributed by atoms with Gasteiger partial charge in [-0.15, -0.1) is 0 Å². The van der Waals surface area contributed by atoms with Crippen molar-refractivity contribution in [1.82, 2.24) is 5.32 Å². The first kappa shape index (κ1) is 14.5. The fraction of sp³-hybridized carbons (Fsp3) is 0.385. The van der Waals surface area contributed by atoms with Crippen LogP contribution in [0.4, 0.5) is 0 Å². The molecule has 0 bridgehead atoms. The Hall–Kier alpha value is -1.57. The van der Waals surface area contributed by atoms with Gasteiger partial charge in [-0.3, -0.25) is 4.79 Å². The first-order valence-corrected chi connectivity index (χ1v) is 6.01. The Kier molecular flexibility index (Phi) is 4.71. The van der Waals surface area contributed by atoms with Crippen molar-refractivity contribution in [2.75, 3.05) is 0 Å². The smallest absolute Gasteiger partial charge is 0.257 e. The van der Waals surface area contributed by atoms with Gasteiger partial charge < -0.3 is 10.4 Å². The molecule has 0 saturated carbocycles. The average Bonchev–Trinajstić information content (AvgIpc) is 2.37. The maximum atomic E-state index is 12.0. The van der Waals surface area contributed by atoms with Crippen LogP contribution in [-0.2, 0) is 10.4 Å². The van der Waals surface area contributed by atoms with Gasteiger partial charge in [-0.2, -0.15) is 5.26 Å². The zero-order valence-electron chi connectivity index (χ0n) is 10.3. The molecule has 0 aliphatic carbocycles. The zero-order chi connectivity index (χ0) is 13.8. The number of halogens is 1. The molecular weight excluding hydrogens is 252 g/mol. The predicted molar refractivity (Wildman–Crippen MR) is 68.9 cm³/mol. The van der Waals surface area contributed by atoms with Crippen molar-refractivity contribution >= 4 is 17.5 Å². The summed E-state index contributed by atoms with van der Waals surface area (Å²) in [5.41, 5.74) is -1.25. The molecule has 0 aromatic heterocycles. The topological polar surface area (TPSA) is 73.1 Å². The number of hydrogen-bond donors (Lipinski definition) is 2. The van der Waals surface area contributed by atoms with Crippen molar-refractivity contribution < 1.29 is 9.90 Å². The van der Waals surface area contributed by atoms with Crippen LogP contribution < -0.4 is 5.32 Å². The average molecular weight is 267 g/mol. The summed E-state index contributed by atoms with van der Waals surface area (Å²) in [5.74, 6) is -0.596. The van der Waals surface area contributed by atoms with Crippen molar-refractivity contribution in [3.63, 3.8) is 0 Å². The van der Waals surface area contributed by atoms with E-state index in [0.717, 1.165) is 0 Å². The number of carbonyl (C=O) groups is 1. The molecule has 0 heterocycles. The molecule has 0 unspecified atom stereocenters. The highest BCUT2D eigenvalue weighted by molar-refractivity contribution is 6.30. The number of nitrogens with zero attached hydrogens (tertiary/aromatic N) is 1. The summed E-state index contributed by atoms with van der Waals surface area (Å²) in [5, 5.41) is 22.0. The van der Waals surface area contributed by atoms with Gasteiger partial charge in [-0.05, 0) is 31.0 Å². The summed E-state index contributed by atoms with van der Waals surface area (Å²) in [7, 11) is 0. The molecule has 0 aliphatic heterocycles. The Morgan fingerprint density at radius 3 is 2.83 bits per heavy atom. The number of aliphatic hydroxyl groups is 1. The predicted octanol–water partition coefficient (Wildman–Crippen LogP) is 1.97. The highest BCUT2D eigenvalue weighted by atomic mass is 35.5. The summed E-state index contributed by atoms with van der Waals surface area (Å²) in [6, 6.07) is 7.73. The summed E-state index contributed by atoms with van der Waals surface area (Å²) in [6.45, 7) is 3.24. The minimum atomic E-state index is -1.67. The van der Waals surface area contributed by atoms with Gasteiger partial charge in [0.05, 0.1) is 6.07 Å². The number of hydrogen-bond acceptors (Lipinski definition) is 3. The number of rotatable bonds is 4. The highest BCUT2D eigenvalue weighted by Gasteiger charge is 2.36. The van der Waals surface area contributed by atoms with E-state index < -0.39 is 17.6 Å². The van der Waals surface area contributed by atoms with Gasteiger partial charge in [0.25, 0.3) is 5.91 Å². The summed E-state index contributed by atoms with van der Waals surface area (Å²) in [6.07, 6.45) is 0.192. The lowest BCUT2D eigenvalue weighted by Gasteiger charge is -2.26. The number of nitriles is 1. The summed E-state index contributed by atoms with van der Waals surface area (Å²) < 4.78 is 0. The minimum Gasteiger partial charge on any atom is -0.375 e. The van der Waals surface area contributed by atoms with E-state index in [4.69, 9.17) is 16.9 Å². The lowest BCUT2D eigenvalue weighted by Crippen LogP contribution is -2.47. The first-order valence-electron chi connectivity index (χ1n) is 5.63. The van der Waals surface area contributed by atoms with Gasteiger partial charge >= 0.3 is 0 Å². The molecule has 1 aromatic carbocycles. The third kappa shape index (κ3) is 3.00. The minimum absolute atomic E-state index is 0.192. The maximum absolute atomic E-state index is 12.0. The van der Waals surface area contributed by atoms with E-state index in [1.165, 1.54) is 0 Å². The summed E-state index contributed by atoms with van der Waals surface area (Å²) >= 11 is 5.85. The molecule has 5 heteroatoms. The lowest BCUT2D eigenvalue weighted by molar-refractivity contribution is -0.141. The fourth-order valence-corrected chi connectivity index (χ4v) is 1.78. The molecule has 1 aromatic rings. The first-order chi connectivity index (χ1) is 8.43. The van der Waals surface area contributed by atoms with Gasteiger partial charge in [-0.1, -0.05) is 30.7 Å².